The van der Waals surface area contributed by atoms with Crippen molar-refractivity contribution >= 4 is 39.0 Å². The molecule has 1 amide bonds. The number of benzene rings is 2. The van der Waals surface area contributed by atoms with Gasteiger partial charge in [0.25, 0.3) is 5.91 Å². The van der Waals surface area contributed by atoms with Crippen molar-refractivity contribution in [2.24, 2.45) is 0 Å². The van der Waals surface area contributed by atoms with E-state index in [-0.39, 0.29) is 18.5 Å². The van der Waals surface area contributed by atoms with E-state index in [1.807, 2.05) is 17.5 Å². The van der Waals surface area contributed by atoms with Crippen LogP contribution in [0, 0.1) is 0 Å². The van der Waals surface area contributed by atoms with Crippen LogP contribution in [0.4, 0.5) is 5.69 Å². The van der Waals surface area contributed by atoms with Crippen molar-refractivity contribution in [3.05, 3.63) is 83.0 Å². The molecule has 33 heavy (non-hydrogen) atoms. The minimum Gasteiger partial charge on any atom is -0.496 e. The van der Waals surface area contributed by atoms with Gasteiger partial charge in [-0.3, -0.25) is 9.78 Å². The normalized spacial score (nSPS) is 10.6. The van der Waals surface area contributed by atoms with E-state index in [0.29, 0.717) is 34.9 Å². The average molecular weight is 463 g/mol. The monoisotopic (exact) mass is 462 g/mol. The molecule has 0 bridgehead atoms. The van der Waals surface area contributed by atoms with Gasteiger partial charge in [-0.2, -0.15) is 0 Å². The first-order valence-electron chi connectivity index (χ1n) is 10.3. The number of nitrogens with one attached hydrogen (secondary N) is 1. The summed E-state index contributed by atoms with van der Waals surface area (Å²) in [6, 6.07) is 14.2. The summed E-state index contributed by atoms with van der Waals surface area (Å²) >= 11 is 1.45. The van der Waals surface area contributed by atoms with Gasteiger partial charge in [-0.15, -0.1) is 11.3 Å². The summed E-state index contributed by atoms with van der Waals surface area (Å²) in [6.07, 6.45) is 3.24. The van der Waals surface area contributed by atoms with Crippen molar-refractivity contribution in [1.29, 1.82) is 0 Å². The van der Waals surface area contributed by atoms with Gasteiger partial charge in [-0.25, -0.2) is 4.79 Å². The smallest absolute Gasteiger partial charge is 0.341 e. The molecule has 4 aromatic rings. The molecule has 0 saturated heterocycles. The Balaban J connectivity index is 1.47. The molecule has 2 aromatic carbocycles. The molecule has 0 aliphatic rings. The first kappa shape index (κ1) is 22.3. The number of pyridine rings is 1. The number of rotatable bonds is 8. The molecule has 0 unspecified atom stereocenters. The number of aromatic nitrogens is 1. The molecule has 2 heterocycles. The lowest BCUT2D eigenvalue weighted by Crippen LogP contribution is -2.13. The summed E-state index contributed by atoms with van der Waals surface area (Å²) in [4.78, 5) is 29.0. The van der Waals surface area contributed by atoms with Crippen LogP contribution in [0.5, 0.6) is 11.5 Å². The van der Waals surface area contributed by atoms with Gasteiger partial charge >= 0.3 is 5.97 Å². The lowest BCUT2D eigenvalue weighted by atomic mass is 10.1. The highest BCUT2D eigenvalue weighted by molar-refractivity contribution is 7.17. The van der Waals surface area contributed by atoms with E-state index in [0.717, 1.165) is 15.6 Å². The Morgan fingerprint density at radius 3 is 2.73 bits per heavy atom. The van der Waals surface area contributed by atoms with Gasteiger partial charge in [-0.1, -0.05) is 18.2 Å². The number of thiophene rings is 1. The van der Waals surface area contributed by atoms with Crippen LogP contribution in [0.25, 0.3) is 10.1 Å². The lowest BCUT2D eigenvalue weighted by Gasteiger charge is -2.11. The molecule has 7 nitrogen and oxygen atoms in total. The van der Waals surface area contributed by atoms with E-state index < -0.39 is 0 Å². The average Bonchev–Trinajstić information content (AvgIpc) is 3.26. The molecule has 0 fully saturated rings. The molecule has 1 N–H and O–H groups in total. The van der Waals surface area contributed by atoms with Crippen LogP contribution in [0.15, 0.2) is 66.3 Å². The number of hydrogen-bond acceptors (Lipinski definition) is 7. The van der Waals surface area contributed by atoms with E-state index in [2.05, 4.69) is 10.3 Å². The summed E-state index contributed by atoms with van der Waals surface area (Å²) in [6.45, 7) is 2.37. The Labute approximate surface area is 194 Å². The number of ether oxygens (including phenoxy) is 3. The SMILES string of the molecule is CCOC(=O)c1cncc2c(COc3cccc(NC(=O)c4ccccc4OC)c3)csc12. The maximum absolute atomic E-state index is 12.7. The maximum atomic E-state index is 12.7. The van der Waals surface area contributed by atoms with Crippen LogP contribution < -0.4 is 14.8 Å². The first-order chi connectivity index (χ1) is 16.1. The second kappa shape index (κ2) is 10.1. The molecule has 0 atom stereocenters. The van der Waals surface area contributed by atoms with Gasteiger partial charge in [0.05, 0.1) is 29.5 Å². The molecule has 0 radical (unpaired) electrons. The number of esters is 1. The molecule has 0 aliphatic heterocycles. The van der Waals surface area contributed by atoms with Gasteiger partial charge in [0, 0.05) is 35.1 Å². The van der Waals surface area contributed by atoms with Gasteiger partial charge < -0.3 is 19.5 Å². The van der Waals surface area contributed by atoms with Crippen LogP contribution in [0.1, 0.15) is 33.2 Å². The Morgan fingerprint density at radius 1 is 1.06 bits per heavy atom. The van der Waals surface area contributed by atoms with E-state index in [1.165, 1.54) is 24.6 Å². The Morgan fingerprint density at radius 2 is 1.91 bits per heavy atom. The highest BCUT2D eigenvalue weighted by Gasteiger charge is 2.16. The largest absolute Gasteiger partial charge is 0.496 e. The molecular formula is C25H22N2O5S. The van der Waals surface area contributed by atoms with E-state index in [9.17, 15) is 9.59 Å². The molecule has 0 saturated carbocycles. The van der Waals surface area contributed by atoms with Crippen molar-refractivity contribution in [2.75, 3.05) is 19.0 Å². The number of methoxy groups -OCH3 is 1. The maximum Gasteiger partial charge on any atom is 0.341 e. The zero-order chi connectivity index (χ0) is 23.2. The topological polar surface area (TPSA) is 86.8 Å². The summed E-state index contributed by atoms with van der Waals surface area (Å²) in [5.74, 6) is 0.443. The fraction of sp³-hybridized carbons (Fsp3) is 0.160. The molecule has 168 valence electrons. The van der Waals surface area contributed by atoms with Gasteiger partial charge in [0.1, 0.15) is 18.1 Å². The highest BCUT2D eigenvalue weighted by atomic mass is 32.1. The number of anilines is 1. The molecular weight excluding hydrogens is 440 g/mol. The molecule has 0 aliphatic carbocycles. The standard InChI is InChI=1S/C25H22N2O5S/c1-3-31-25(29)21-13-26-12-20-16(15-33-23(20)21)14-32-18-8-6-7-17(11-18)27-24(28)19-9-4-5-10-22(19)30-2/h4-13,15H,3,14H2,1-2H3,(H,27,28). The summed E-state index contributed by atoms with van der Waals surface area (Å²) in [5.41, 5.74) is 2.41. The first-order valence-corrected chi connectivity index (χ1v) is 11.2. The number of amides is 1. The molecule has 0 spiro atoms. The van der Waals surface area contributed by atoms with Crippen LogP contribution in [0.2, 0.25) is 0 Å². The van der Waals surface area contributed by atoms with Crippen LogP contribution in [-0.4, -0.2) is 30.6 Å². The minimum atomic E-state index is -0.386. The summed E-state index contributed by atoms with van der Waals surface area (Å²) in [7, 11) is 1.53. The summed E-state index contributed by atoms with van der Waals surface area (Å²) in [5, 5.41) is 5.67. The minimum absolute atomic E-state index is 0.272. The fourth-order valence-corrected chi connectivity index (χ4v) is 4.35. The van der Waals surface area contributed by atoms with Crippen LogP contribution >= 0.6 is 11.3 Å². The van der Waals surface area contributed by atoms with Crippen molar-refractivity contribution in [3.63, 3.8) is 0 Å². The van der Waals surface area contributed by atoms with Crippen molar-refractivity contribution < 1.29 is 23.8 Å². The second-order valence-electron chi connectivity index (χ2n) is 7.02. The van der Waals surface area contributed by atoms with E-state index in [4.69, 9.17) is 14.2 Å². The van der Waals surface area contributed by atoms with E-state index >= 15 is 0 Å². The Bertz CT molecular complexity index is 1300. The fourth-order valence-electron chi connectivity index (χ4n) is 3.32. The van der Waals surface area contributed by atoms with Crippen molar-refractivity contribution in [1.82, 2.24) is 4.98 Å². The molecule has 2 aromatic heterocycles. The number of fused-ring (bicyclic) bond motifs is 1. The molecule has 4 rings (SSSR count). The van der Waals surface area contributed by atoms with Crippen LogP contribution in [-0.2, 0) is 11.3 Å². The third-order valence-corrected chi connectivity index (χ3v) is 5.97. The van der Waals surface area contributed by atoms with Crippen molar-refractivity contribution in [2.45, 2.75) is 13.5 Å². The van der Waals surface area contributed by atoms with Gasteiger partial charge in [0.2, 0.25) is 0 Å². The predicted octanol–water partition coefficient (Wildman–Crippen LogP) is 5.31. The van der Waals surface area contributed by atoms with Gasteiger partial charge in [0.15, 0.2) is 0 Å². The lowest BCUT2D eigenvalue weighted by molar-refractivity contribution is 0.0528. The zero-order valence-electron chi connectivity index (χ0n) is 18.2. The third kappa shape index (κ3) is 4.96. The van der Waals surface area contributed by atoms with Crippen LogP contribution in [0.3, 0.4) is 0 Å². The molecule has 8 heteroatoms. The zero-order valence-corrected chi connectivity index (χ0v) is 19.0. The second-order valence-corrected chi connectivity index (χ2v) is 7.90. The third-order valence-electron chi connectivity index (χ3n) is 4.89. The number of nitrogens with zero attached hydrogens (tertiary/aromatic N) is 1. The number of carbonyl (C=O) groups excluding carboxylic acids is 2. The highest BCUT2D eigenvalue weighted by Crippen LogP contribution is 2.30. The number of para-hydroxylation sites is 1. The summed E-state index contributed by atoms with van der Waals surface area (Å²) < 4.78 is 17.2. The van der Waals surface area contributed by atoms with E-state index in [1.54, 1.807) is 49.5 Å². The predicted molar refractivity (Wildman–Crippen MR) is 127 cm³/mol. The Kier molecular flexibility index (Phi) is 6.85. The number of hydrogen-bond donors (Lipinski definition) is 1. The van der Waals surface area contributed by atoms with Gasteiger partial charge in [-0.05, 0) is 36.6 Å². The number of carbonyl (C=O) groups is 2. The quantitative estimate of drug-likeness (QED) is 0.357. The van der Waals surface area contributed by atoms with Crippen molar-refractivity contribution in [3.8, 4) is 11.5 Å². The Hall–Kier alpha value is -3.91.